The molecule has 0 unspecified atom stereocenters. The van der Waals surface area contributed by atoms with Crippen LogP contribution in [0, 0.1) is 5.95 Å². The van der Waals surface area contributed by atoms with Crippen LogP contribution in [0.2, 0.25) is 0 Å². The van der Waals surface area contributed by atoms with Crippen LogP contribution in [-0.4, -0.2) is 37.5 Å². The first-order valence-electron chi connectivity index (χ1n) is 9.65. The highest BCUT2D eigenvalue weighted by Crippen LogP contribution is 2.55. The van der Waals surface area contributed by atoms with Crippen LogP contribution in [0.15, 0.2) is 52.3 Å². The Kier molecular flexibility index (Phi) is 4.28. The molecule has 3 N–H and O–H groups in total. The smallest absolute Gasteiger partial charge is 0.325 e. The van der Waals surface area contributed by atoms with Crippen molar-refractivity contribution in [2.24, 2.45) is 0 Å². The first-order chi connectivity index (χ1) is 15.0. The Hall–Kier alpha value is -4.08. The highest BCUT2D eigenvalue weighted by molar-refractivity contribution is 5.94. The van der Waals surface area contributed by atoms with E-state index >= 15 is 0 Å². The highest BCUT2D eigenvalue weighted by Gasteiger charge is 2.41. The Bertz CT molecular complexity index is 1440. The lowest BCUT2D eigenvalue weighted by Crippen LogP contribution is -2.23. The summed E-state index contributed by atoms with van der Waals surface area (Å²) >= 11 is 0. The molecule has 0 bridgehead atoms. The summed E-state index contributed by atoms with van der Waals surface area (Å²) in [6, 6.07) is 9.08. The van der Waals surface area contributed by atoms with Gasteiger partial charge in [0.2, 0.25) is 5.95 Å². The maximum Gasteiger partial charge on any atom is 0.325 e. The first kappa shape index (κ1) is 18.9. The van der Waals surface area contributed by atoms with Gasteiger partial charge >= 0.3 is 5.69 Å². The largest absolute Gasteiger partial charge is 0.355 e. The second-order valence-corrected chi connectivity index (χ2v) is 7.44. The molecule has 0 aliphatic heterocycles. The fraction of sp³-hybridized carbons (Fsp3) is 0.190. The second kappa shape index (κ2) is 7.01. The van der Waals surface area contributed by atoms with Gasteiger partial charge in [0.05, 0.1) is 17.5 Å². The molecule has 1 fully saturated rings. The molecule has 4 aromatic rings. The molecule has 1 aromatic carbocycles. The molecule has 31 heavy (non-hydrogen) atoms. The van der Waals surface area contributed by atoms with Gasteiger partial charge in [0.15, 0.2) is 5.65 Å². The summed E-state index contributed by atoms with van der Waals surface area (Å²) in [4.78, 5) is 44.0. The number of fused-ring (bicyclic) bond motifs is 1. The zero-order chi connectivity index (χ0) is 21.7. The highest BCUT2D eigenvalue weighted by atomic mass is 19.1. The zero-order valence-corrected chi connectivity index (χ0v) is 16.3. The van der Waals surface area contributed by atoms with Gasteiger partial charge in [-0.1, -0.05) is 12.1 Å². The fourth-order valence-electron chi connectivity index (χ4n) is 3.90. The minimum atomic E-state index is -0.647. The summed E-state index contributed by atoms with van der Waals surface area (Å²) < 4.78 is 15.4. The number of nitrogens with zero attached hydrogens (tertiary/aromatic N) is 3. The number of aromatic amines is 2. The van der Waals surface area contributed by atoms with Crippen molar-refractivity contribution in [1.29, 1.82) is 0 Å². The number of H-pyrrole nitrogens is 2. The minimum Gasteiger partial charge on any atom is -0.355 e. The van der Waals surface area contributed by atoms with Crippen molar-refractivity contribution >= 4 is 11.6 Å². The van der Waals surface area contributed by atoms with E-state index in [1.807, 2.05) is 12.1 Å². The molecule has 2 atom stereocenters. The lowest BCUT2D eigenvalue weighted by molar-refractivity contribution is 0.0963. The third-order valence-electron chi connectivity index (χ3n) is 5.57. The predicted octanol–water partition coefficient (Wildman–Crippen LogP) is 1.54. The van der Waals surface area contributed by atoms with Crippen molar-refractivity contribution in [3.63, 3.8) is 0 Å². The van der Waals surface area contributed by atoms with E-state index < -0.39 is 17.2 Å². The Labute approximate surface area is 174 Å². The molecule has 10 heteroatoms. The number of amides is 1. The Balaban J connectivity index is 1.55. The summed E-state index contributed by atoms with van der Waals surface area (Å²) in [6.45, 7) is 0. The quantitative estimate of drug-likeness (QED) is 0.462. The van der Waals surface area contributed by atoms with Crippen LogP contribution in [0.4, 0.5) is 4.39 Å². The van der Waals surface area contributed by atoms with Crippen LogP contribution >= 0.6 is 0 Å². The van der Waals surface area contributed by atoms with Crippen molar-refractivity contribution in [3.05, 3.63) is 86.2 Å². The SMILES string of the molecule is CNC(=O)c1ccc([C@H]2C[C@@H]2c2cc(-c3c[nH]c(=O)[nH]c3=O)nn3c(F)cnc23)cc1. The molecule has 0 radical (unpaired) electrons. The number of carbonyl (C=O) groups is 1. The maximum atomic E-state index is 14.3. The lowest BCUT2D eigenvalue weighted by Gasteiger charge is -2.08. The summed E-state index contributed by atoms with van der Waals surface area (Å²) in [7, 11) is 1.58. The number of imidazole rings is 1. The van der Waals surface area contributed by atoms with Crippen LogP contribution in [0.3, 0.4) is 0 Å². The monoisotopic (exact) mass is 420 g/mol. The van der Waals surface area contributed by atoms with E-state index in [1.54, 1.807) is 25.2 Å². The molecule has 9 nitrogen and oxygen atoms in total. The fourth-order valence-corrected chi connectivity index (χ4v) is 3.90. The third-order valence-corrected chi connectivity index (χ3v) is 5.57. The van der Waals surface area contributed by atoms with E-state index in [0.29, 0.717) is 11.2 Å². The molecular formula is C21H17FN6O3. The Morgan fingerprint density at radius 3 is 2.71 bits per heavy atom. The Morgan fingerprint density at radius 1 is 1.23 bits per heavy atom. The van der Waals surface area contributed by atoms with Crippen LogP contribution in [0.1, 0.15) is 39.7 Å². The number of nitrogens with one attached hydrogen (secondary N) is 3. The molecule has 156 valence electrons. The van der Waals surface area contributed by atoms with E-state index in [0.717, 1.165) is 28.3 Å². The molecule has 1 aliphatic carbocycles. The molecular weight excluding hydrogens is 403 g/mol. The van der Waals surface area contributed by atoms with Crippen molar-refractivity contribution < 1.29 is 9.18 Å². The molecule has 3 aromatic heterocycles. The van der Waals surface area contributed by atoms with Gasteiger partial charge in [-0.15, -0.1) is 0 Å². The Morgan fingerprint density at radius 2 is 2.00 bits per heavy atom. The predicted molar refractivity (Wildman–Crippen MR) is 110 cm³/mol. The maximum absolute atomic E-state index is 14.3. The average Bonchev–Trinajstić information content (AvgIpc) is 3.49. The summed E-state index contributed by atoms with van der Waals surface area (Å²) in [6.07, 6.45) is 3.16. The lowest BCUT2D eigenvalue weighted by atomic mass is 10.0. The van der Waals surface area contributed by atoms with E-state index in [2.05, 4.69) is 25.4 Å². The third kappa shape index (κ3) is 3.21. The molecule has 3 heterocycles. The van der Waals surface area contributed by atoms with E-state index in [1.165, 1.54) is 6.20 Å². The van der Waals surface area contributed by atoms with E-state index in [4.69, 9.17) is 0 Å². The molecule has 5 rings (SSSR count). The molecule has 0 spiro atoms. The molecule has 1 aliphatic rings. The normalized spacial score (nSPS) is 17.6. The van der Waals surface area contributed by atoms with E-state index in [-0.39, 0.29) is 29.0 Å². The number of aromatic nitrogens is 5. The van der Waals surface area contributed by atoms with Gasteiger partial charge in [-0.3, -0.25) is 14.6 Å². The first-order valence-corrected chi connectivity index (χ1v) is 9.65. The van der Waals surface area contributed by atoms with Crippen molar-refractivity contribution in [1.82, 2.24) is 29.9 Å². The summed E-state index contributed by atoms with van der Waals surface area (Å²) in [5.74, 6) is -0.574. The molecule has 0 saturated heterocycles. The summed E-state index contributed by atoms with van der Waals surface area (Å²) in [5.41, 5.74) is 1.90. The second-order valence-electron chi connectivity index (χ2n) is 7.44. The topological polar surface area (TPSA) is 125 Å². The van der Waals surface area contributed by atoms with Gasteiger partial charge in [0.1, 0.15) is 0 Å². The number of hydrogen-bond donors (Lipinski definition) is 3. The van der Waals surface area contributed by atoms with Gasteiger partial charge in [-0.25, -0.2) is 9.78 Å². The van der Waals surface area contributed by atoms with Crippen LogP contribution in [0.25, 0.3) is 16.9 Å². The average molecular weight is 420 g/mol. The number of hydrogen-bond acceptors (Lipinski definition) is 5. The summed E-state index contributed by atoms with van der Waals surface area (Å²) in [5, 5.41) is 6.79. The molecule has 1 saturated carbocycles. The van der Waals surface area contributed by atoms with Crippen LogP contribution in [0.5, 0.6) is 0 Å². The molecule has 1 amide bonds. The van der Waals surface area contributed by atoms with Crippen LogP contribution < -0.4 is 16.6 Å². The van der Waals surface area contributed by atoms with Crippen LogP contribution in [-0.2, 0) is 0 Å². The number of carbonyl (C=O) groups excluding carboxylic acids is 1. The van der Waals surface area contributed by atoms with Crippen molar-refractivity contribution in [3.8, 4) is 11.3 Å². The van der Waals surface area contributed by atoms with Crippen molar-refractivity contribution in [2.45, 2.75) is 18.3 Å². The number of rotatable bonds is 4. The minimum absolute atomic E-state index is 0.0544. The van der Waals surface area contributed by atoms with Gasteiger partial charge in [0, 0.05) is 24.4 Å². The number of benzene rings is 1. The van der Waals surface area contributed by atoms with Crippen molar-refractivity contribution in [2.75, 3.05) is 7.05 Å². The van der Waals surface area contributed by atoms with Gasteiger partial charge in [-0.2, -0.15) is 14.0 Å². The zero-order valence-electron chi connectivity index (χ0n) is 16.3. The van der Waals surface area contributed by atoms with Gasteiger partial charge in [-0.05, 0) is 42.0 Å². The van der Waals surface area contributed by atoms with Gasteiger partial charge in [0.25, 0.3) is 11.5 Å². The standard InChI is InChI=1S/C21H17FN6O3/c1-23-19(29)11-4-2-10(3-5-11)12-6-13(12)14-7-16(15-8-25-21(31)26-20(15)30)27-28-17(22)9-24-18(14)28/h2-5,7-9,12-13H,6H2,1H3,(H,23,29)(H2,25,26,30,31)/t12-,13+/m1/s1. The number of halogens is 1. The van der Waals surface area contributed by atoms with E-state index in [9.17, 15) is 18.8 Å². The van der Waals surface area contributed by atoms with Gasteiger partial charge < -0.3 is 10.3 Å².